The highest BCUT2D eigenvalue weighted by Gasteiger charge is 2.38. The summed E-state index contributed by atoms with van der Waals surface area (Å²) in [4.78, 5) is 2.79. The lowest BCUT2D eigenvalue weighted by Crippen LogP contribution is -2.59. The zero-order valence-corrected chi connectivity index (χ0v) is 12.6. The van der Waals surface area contributed by atoms with Gasteiger partial charge in [0.1, 0.15) is 0 Å². The van der Waals surface area contributed by atoms with Crippen LogP contribution >= 0.6 is 0 Å². The third kappa shape index (κ3) is 3.32. The van der Waals surface area contributed by atoms with E-state index >= 15 is 0 Å². The third-order valence-corrected chi connectivity index (χ3v) is 5.16. The van der Waals surface area contributed by atoms with E-state index in [4.69, 9.17) is 4.74 Å². The van der Waals surface area contributed by atoms with E-state index in [1.165, 1.54) is 45.1 Å². The Balaban J connectivity index is 1.64. The molecule has 3 nitrogen and oxygen atoms in total. The van der Waals surface area contributed by atoms with Crippen molar-refractivity contribution in [1.29, 1.82) is 0 Å². The minimum atomic E-state index is 0.518. The lowest BCUT2D eigenvalue weighted by Gasteiger charge is -2.48. The molecular weight excluding hydrogens is 236 g/mol. The van der Waals surface area contributed by atoms with Gasteiger partial charge in [0, 0.05) is 31.2 Å². The lowest BCUT2D eigenvalue weighted by molar-refractivity contribution is -0.108. The molecule has 0 aromatic rings. The SMILES string of the molecule is CC(C)C(CNC1CC1)N1CCOC2CCCCC21. The van der Waals surface area contributed by atoms with Gasteiger partial charge in [0.05, 0.1) is 12.7 Å². The quantitative estimate of drug-likeness (QED) is 0.827. The van der Waals surface area contributed by atoms with Crippen LogP contribution in [0.5, 0.6) is 0 Å². The fourth-order valence-corrected chi connectivity index (χ4v) is 3.85. The van der Waals surface area contributed by atoms with E-state index in [-0.39, 0.29) is 0 Å². The second kappa shape index (κ2) is 6.11. The molecule has 0 bridgehead atoms. The Morgan fingerprint density at radius 3 is 2.68 bits per heavy atom. The minimum absolute atomic E-state index is 0.518. The smallest absolute Gasteiger partial charge is 0.0731 e. The van der Waals surface area contributed by atoms with Crippen LogP contribution in [0.15, 0.2) is 0 Å². The minimum Gasteiger partial charge on any atom is -0.375 e. The van der Waals surface area contributed by atoms with E-state index in [1.54, 1.807) is 0 Å². The van der Waals surface area contributed by atoms with Crippen LogP contribution in [0.4, 0.5) is 0 Å². The molecule has 1 aliphatic heterocycles. The highest BCUT2D eigenvalue weighted by atomic mass is 16.5. The van der Waals surface area contributed by atoms with E-state index in [1.807, 2.05) is 0 Å². The molecule has 0 spiro atoms. The molecule has 3 heteroatoms. The molecular formula is C16H30N2O. The maximum Gasteiger partial charge on any atom is 0.0731 e. The molecule has 0 aromatic carbocycles. The summed E-state index contributed by atoms with van der Waals surface area (Å²) in [5.74, 6) is 0.729. The molecule has 3 unspecified atom stereocenters. The number of fused-ring (bicyclic) bond motifs is 1. The van der Waals surface area contributed by atoms with Gasteiger partial charge in [-0.25, -0.2) is 0 Å². The molecule has 3 rings (SSSR count). The van der Waals surface area contributed by atoms with Crippen molar-refractivity contribution in [3.8, 4) is 0 Å². The molecule has 2 saturated carbocycles. The van der Waals surface area contributed by atoms with Gasteiger partial charge in [-0.05, 0) is 31.6 Å². The Hall–Kier alpha value is -0.120. The van der Waals surface area contributed by atoms with Crippen molar-refractivity contribution in [3.05, 3.63) is 0 Å². The summed E-state index contributed by atoms with van der Waals surface area (Å²) in [5.41, 5.74) is 0. The highest BCUT2D eigenvalue weighted by Crippen LogP contribution is 2.31. The second-order valence-corrected chi connectivity index (χ2v) is 6.99. The first-order chi connectivity index (χ1) is 9.25. The van der Waals surface area contributed by atoms with Crippen LogP contribution in [-0.2, 0) is 4.74 Å². The van der Waals surface area contributed by atoms with Crippen LogP contribution in [0.25, 0.3) is 0 Å². The average Bonchev–Trinajstić information content (AvgIpc) is 3.23. The number of hydrogen-bond acceptors (Lipinski definition) is 3. The first-order valence-electron chi connectivity index (χ1n) is 8.36. The number of ether oxygens (including phenoxy) is 1. The summed E-state index contributed by atoms with van der Waals surface area (Å²) < 4.78 is 6.02. The number of nitrogens with zero attached hydrogens (tertiary/aromatic N) is 1. The molecule has 0 radical (unpaired) electrons. The van der Waals surface area contributed by atoms with Crippen molar-refractivity contribution >= 4 is 0 Å². The Labute approximate surface area is 118 Å². The topological polar surface area (TPSA) is 24.5 Å². The molecule has 110 valence electrons. The first-order valence-corrected chi connectivity index (χ1v) is 8.36. The van der Waals surface area contributed by atoms with Crippen molar-refractivity contribution in [1.82, 2.24) is 10.2 Å². The standard InChI is InChI=1S/C16H30N2O/c1-12(2)15(11-17-13-7-8-13)18-9-10-19-16-6-4-3-5-14(16)18/h12-17H,3-11H2,1-2H3. The summed E-state index contributed by atoms with van der Waals surface area (Å²) in [6.45, 7) is 8.01. The van der Waals surface area contributed by atoms with Gasteiger partial charge in [-0.3, -0.25) is 4.90 Å². The van der Waals surface area contributed by atoms with Crippen molar-refractivity contribution < 1.29 is 4.74 Å². The molecule has 2 aliphatic carbocycles. The van der Waals surface area contributed by atoms with Crippen molar-refractivity contribution in [3.63, 3.8) is 0 Å². The van der Waals surface area contributed by atoms with Gasteiger partial charge in [0.25, 0.3) is 0 Å². The molecule has 19 heavy (non-hydrogen) atoms. The van der Waals surface area contributed by atoms with E-state index in [0.717, 1.165) is 25.1 Å². The molecule has 1 heterocycles. The monoisotopic (exact) mass is 266 g/mol. The summed E-state index contributed by atoms with van der Waals surface area (Å²) in [6, 6.07) is 2.20. The number of nitrogens with one attached hydrogen (secondary N) is 1. The van der Waals surface area contributed by atoms with Gasteiger partial charge >= 0.3 is 0 Å². The Bertz CT molecular complexity index is 288. The second-order valence-electron chi connectivity index (χ2n) is 6.99. The Morgan fingerprint density at radius 1 is 1.16 bits per heavy atom. The normalized spacial score (nSPS) is 34.3. The Morgan fingerprint density at radius 2 is 1.95 bits per heavy atom. The van der Waals surface area contributed by atoms with Gasteiger partial charge in [-0.15, -0.1) is 0 Å². The van der Waals surface area contributed by atoms with Gasteiger partial charge in [0.2, 0.25) is 0 Å². The lowest BCUT2D eigenvalue weighted by atomic mass is 9.87. The Kier molecular flexibility index (Phi) is 4.45. The van der Waals surface area contributed by atoms with Crippen molar-refractivity contribution in [2.24, 2.45) is 5.92 Å². The van der Waals surface area contributed by atoms with Gasteiger partial charge in [-0.1, -0.05) is 26.7 Å². The molecule has 3 fully saturated rings. The average molecular weight is 266 g/mol. The fraction of sp³-hybridized carbons (Fsp3) is 1.00. The largest absolute Gasteiger partial charge is 0.375 e. The van der Waals surface area contributed by atoms with E-state index in [9.17, 15) is 0 Å². The maximum atomic E-state index is 6.02. The summed E-state index contributed by atoms with van der Waals surface area (Å²) in [6.07, 6.45) is 8.67. The number of rotatable bonds is 5. The first kappa shape index (κ1) is 13.8. The van der Waals surface area contributed by atoms with E-state index in [0.29, 0.717) is 18.2 Å². The summed E-state index contributed by atoms with van der Waals surface area (Å²) >= 11 is 0. The molecule has 0 amide bonds. The summed E-state index contributed by atoms with van der Waals surface area (Å²) in [5, 5.41) is 3.75. The molecule has 1 N–H and O–H groups in total. The zero-order chi connectivity index (χ0) is 13.2. The van der Waals surface area contributed by atoms with Crippen LogP contribution < -0.4 is 5.32 Å². The summed E-state index contributed by atoms with van der Waals surface area (Å²) in [7, 11) is 0. The number of hydrogen-bond donors (Lipinski definition) is 1. The molecule has 3 aliphatic rings. The van der Waals surface area contributed by atoms with Gasteiger partial charge in [-0.2, -0.15) is 0 Å². The van der Waals surface area contributed by atoms with Crippen molar-refractivity contribution in [2.75, 3.05) is 19.7 Å². The van der Waals surface area contributed by atoms with Crippen LogP contribution in [0.3, 0.4) is 0 Å². The predicted octanol–water partition coefficient (Wildman–Crippen LogP) is 2.41. The fourth-order valence-electron chi connectivity index (χ4n) is 3.85. The van der Waals surface area contributed by atoms with Crippen LogP contribution in [0.2, 0.25) is 0 Å². The van der Waals surface area contributed by atoms with E-state index in [2.05, 4.69) is 24.1 Å². The maximum absolute atomic E-state index is 6.02. The molecule has 1 saturated heterocycles. The van der Waals surface area contributed by atoms with Crippen LogP contribution in [0.1, 0.15) is 52.4 Å². The van der Waals surface area contributed by atoms with Gasteiger partial charge < -0.3 is 10.1 Å². The van der Waals surface area contributed by atoms with Crippen LogP contribution in [-0.4, -0.2) is 48.8 Å². The zero-order valence-electron chi connectivity index (χ0n) is 12.6. The van der Waals surface area contributed by atoms with Crippen molar-refractivity contribution in [2.45, 2.75) is 76.6 Å². The highest BCUT2D eigenvalue weighted by molar-refractivity contribution is 4.93. The third-order valence-electron chi connectivity index (χ3n) is 5.16. The van der Waals surface area contributed by atoms with Gasteiger partial charge in [0.15, 0.2) is 0 Å². The predicted molar refractivity (Wildman–Crippen MR) is 78.4 cm³/mol. The molecule has 0 aromatic heterocycles. The van der Waals surface area contributed by atoms with E-state index < -0.39 is 0 Å². The van der Waals surface area contributed by atoms with Crippen LogP contribution in [0, 0.1) is 5.92 Å². The molecule has 3 atom stereocenters. The number of morpholine rings is 1.